The Balaban J connectivity index is 2.53. The van der Waals surface area contributed by atoms with E-state index in [2.05, 4.69) is 0 Å². The van der Waals surface area contributed by atoms with Crippen LogP contribution in [-0.4, -0.2) is 55.0 Å². The molecule has 116 valence electrons. The molecule has 0 aromatic carbocycles. The van der Waals surface area contributed by atoms with E-state index in [1.165, 1.54) is 0 Å². The van der Waals surface area contributed by atoms with Gasteiger partial charge in [0.2, 0.25) is 0 Å². The third-order valence-electron chi connectivity index (χ3n) is 2.84. The molecule has 1 aliphatic heterocycles. The fraction of sp³-hybridized carbons (Fsp3) is 0.857. The molecule has 1 saturated heterocycles. The highest BCUT2D eigenvalue weighted by molar-refractivity contribution is 5.70. The standard InChI is InChI=1S/C14H25NO5/c1-5-19-12(16)7-6-11-10-18-9-8-15(11)13(17)20-14(2,3)4/h11H,5-10H2,1-4H3/t11-/m1/s1. The Bertz CT molecular complexity index is 337. The minimum atomic E-state index is -0.527. The van der Waals surface area contributed by atoms with Crippen LogP contribution < -0.4 is 0 Å². The van der Waals surface area contributed by atoms with Crippen molar-refractivity contribution in [1.29, 1.82) is 0 Å². The van der Waals surface area contributed by atoms with Gasteiger partial charge in [-0.3, -0.25) is 4.79 Å². The van der Waals surface area contributed by atoms with Crippen molar-refractivity contribution in [3.05, 3.63) is 0 Å². The topological polar surface area (TPSA) is 65.1 Å². The monoisotopic (exact) mass is 287 g/mol. The van der Waals surface area contributed by atoms with Gasteiger partial charge in [-0.1, -0.05) is 0 Å². The van der Waals surface area contributed by atoms with Crippen molar-refractivity contribution in [2.75, 3.05) is 26.4 Å². The molecule has 0 saturated carbocycles. The molecular formula is C14H25NO5. The van der Waals surface area contributed by atoms with Crippen LogP contribution in [0.5, 0.6) is 0 Å². The lowest BCUT2D eigenvalue weighted by Gasteiger charge is -2.36. The molecule has 6 heteroatoms. The van der Waals surface area contributed by atoms with Crippen LogP contribution in [0.15, 0.2) is 0 Å². The normalized spacial score (nSPS) is 19.6. The highest BCUT2D eigenvalue weighted by Crippen LogP contribution is 2.17. The molecule has 0 aliphatic carbocycles. The molecule has 0 radical (unpaired) electrons. The van der Waals surface area contributed by atoms with E-state index in [9.17, 15) is 9.59 Å². The second-order valence-electron chi connectivity index (χ2n) is 5.75. The summed E-state index contributed by atoms with van der Waals surface area (Å²) in [6, 6.07) is -0.136. The smallest absolute Gasteiger partial charge is 0.410 e. The molecule has 1 rings (SSSR count). The van der Waals surface area contributed by atoms with Crippen molar-refractivity contribution in [2.45, 2.75) is 52.2 Å². The summed E-state index contributed by atoms with van der Waals surface area (Å²) in [6.45, 7) is 9.05. The van der Waals surface area contributed by atoms with Gasteiger partial charge in [0.05, 0.1) is 25.9 Å². The van der Waals surface area contributed by atoms with E-state index in [1.54, 1.807) is 11.8 Å². The first-order chi connectivity index (χ1) is 9.33. The van der Waals surface area contributed by atoms with Crippen molar-refractivity contribution in [1.82, 2.24) is 4.90 Å². The molecule has 0 aromatic heterocycles. The van der Waals surface area contributed by atoms with E-state index in [1.807, 2.05) is 20.8 Å². The molecule has 6 nitrogen and oxygen atoms in total. The Morgan fingerprint density at radius 2 is 2.05 bits per heavy atom. The summed E-state index contributed by atoms with van der Waals surface area (Å²) in [6.07, 6.45) is 0.453. The Morgan fingerprint density at radius 3 is 2.65 bits per heavy atom. The average molecular weight is 287 g/mol. The number of esters is 1. The highest BCUT2D eigenvalue weighted by atomic mass is 16.6. The molecule has 0 unspecified atom stereocenters. The average Bonchev–Trinajstić information content (AvgIpc) is 2.35. The summed E-state index contributed by atoms with van der Waals surface area (Å²) in [7, 11) is 0. The number of hydrogen-bond donors (Lipinski definition) is 0. The van der Waals surface area contributed by atoms with Gasteiger partial charge < -0.3 is 19.1 Å². The van der Waals surface area contributed by atoms with E-state index in [0.29, 0.717) is 32.8 Å². The summed E-state index contributed by atoms with van der Waals surface area (Å²) in [5.41, 5.74) is -0.527. The zero-order valence-electron chi connectivity index (χ0n) is 12.8. The first-order valence-corrected chi connectivity index (χ1v) is 7.06. The van der Waals surface area contributed by atoms with Crippen molar-refractivity contribution >= 4 is 12.1 Å². The molecule has 1 atom stereocenters. The molecule has 1 heterocycles. The Kier molecular flexibility index (Phi) is 6.26. The minimum absolute atomic E-state index is 0.136. The Hall–Kier alpha value is -1.30. The van der Waals surface area contributed by atoms with Gasteiger partial charge in [-0.05, 0) is 34.1 Å². The number of carbonyl (C=O) groups excluding carboxylic acids is 2. The van der Waals surface area contributed by atoms with Gasteiger partial charge in [-0.2, -0.15) is 0 Å². The van der Waals surface area contributed by atoms with Crippen LogP contribution in [-0.2, 0) is 19.0 Å². The Morgan fingerprint density at radius 1 is 1.35 bits per heavy atom. The fourth-order valence-corrected chi connectivity index (χ4v) is 1.97. The van der Waals surface area contributed by atoms with Crippen LogP contribution in [0.3, 0.4) is 0 Å². The number of morpholine rings is 1. The molecule has 0 spiro atoms. The molecule has 0 aromatic rings. The molecule has 1 aliphatic rings. The molecule has 20 heavy (non-hydrogen) atoms. The summed E-state index contributed by atoms with van der Waals surface area (Å²) in [4.78, 5) is 25.2. The van der Waals surface area contributed by atoms with Crippen LogP contribution >= 0.6 is 0 Å². The van der Waals surface area contributed by atoms with Gasteiger partial charge >= 0.3 is 12.1 Å². The van der Waals surface area contributed by atoms with E-state index >= 15 is 0 Å². The maximum atomic E-state index is 12.1. The number of hydrogen-bond acceptors (Lipinski definition) is 5. The largest absolute Gasteiger partial charge is 0.466 e. The van der Waals surface area contributed by atoms with E-state index in [0.717, 1.165) is 0 Å². The maximum absolute atomic E-state index is 12.1. The predicted molar refractivity (Wildman–Crippen MR) is 73.4 cm³/mol. The molecule has 1 amide bonds. The lowest BCUT2D eigenvalue weighted by Crippen LogP contribution is -2.50. The summed E-state index contributed by atoms with van der Waals surface area (Å²) >= 11 is 0. The predicted octanol–water partition coefficient (Wildman–Crippen LogP) is 1.97. The van der Waals surface area contributed by atoms with Gasteiger partial charge in [0.25, 0.3) is 0 Å². The third-order valence-corrected chi connectivity index (χ3v) is 2.84. The summed E-state index contributed by atoms with van der Waals surface area (Å²) in [5, 5.41) is 0. The molecule has 1 fully saturated rings. The van der Waals surface area contributed by atoms with Crippen LogP contribution in [0.25, 0.3) is 0 Å². The van der Waals surface area contributed by atoms with Crippen molar-refractivity contribution < 1.29 is 23.8 Å². The van der Waals surface area contributed by atoms with E-state index in [4.69, 9.17) is 14.2 Å². The van der Waals surface area contributed by atoms with Gasteiger partial charge in [0.15, 0.2) is 0 Å². The van der Waals surface area contributed by atoms with E-state index < -0.39 is 5.60 Å². The molecule has 0 N–H and O–H groups in total. The van der Waals surface area contributed by atoms with Crippen LogP contribution in [0, 0.1) is 0 Å². The Labute approximate surface area is 120 Å². The second kappa shape index (κ2) is 7.47. The zero-order valence-corrected chi connectivity index (χ0v) is 12.8. The second-order valence-corrected chi connectivity index (χ2v) is 5.75. The van der Waals surface area contributed by atoms with Gasteiger partial charge in [0, 0.05) is 13.0 Å². The van der Waals surface area contributed by atoms with E-state index in [-0.39, 0.29) is 24.5 Å². The van der Waals surface area contributed by atoms with Crippen molar-refractivity contribution in [3.63, 3.8) is 0 Å². The maximum Gasteiger partial charge on any atom is 0.410 e. The van der Waals surface area contributed by atoms with Crippen LogP contribution in [0.2, 0.25) is 0 Å². The summed E-state index contributed by atoms with van der Waals surface area (Å²) < 4.78 is 15.7. The first kappa shape index (κ1) is 16.8. The number of amides is 1. The van der Waals surface area contributed by atoms with Crippen LogP contribution in [0.4, 0.5) is 4.79 Å². The summed E-state index contributed by atoms with van der Waals surface area (Å²) in [5.74, 6) is -0.248. The lowest BCUT2D eigenvalue weighted by atomic mass is 10.1. The zero-order chi connectivity index (χ0) is 15.2. The number of carbonyl (C=O) groups is 2. The fourth-order valence-electron chi connectivity index (χ4n) is 1.97. The third kappa shape index (κ3) is 5.77. The highest BCUT2D eigenvalue weighted by Gasteiger charge is 2.31. The van der Waals surface area contributed by atoms with Crippen molar-refractivity contribution in [2.24, 2.45) is 0 Å². The number of ether oxygens (including phenoxy) is 3. The molecule has 0 bridgehead atoms. The minimum Gasteiger partial charge on any atom is -0.466 e. The van der Waals surface area contributed by atoms with Gasteiger partial charge in [-0.25, -0.2) is 4.79 Å². The number of rotatable bonds is 4. The molecular weight excluding hydrogens is 262 g/mol. The SMILES string of the molecule is CCOC(=O)CC[C@@H]1COCCN1C(=O)OC(C)(C)C. The van der Waals surface area contributed by atoms with Crippen LogP contribution in [0.1, 0.15) is 40.5 Å². The first-order valence-electron chi connectivity index (χ1n) is 7.06. The quantitative estimate of drug-likeness (QED) is 0.740. The van der Waals surface area contributed by atoms with Gasteiger partial charge in [0.1, 0.15) is 5.60 Å². The van der Waals surface area contributed by atoms with Gasteiger partial charge in [-0.15, -0.1) is 0 Å². The lowest BCUT2D eigenvalue weighted by molar-refractivity contribution is -0.143. The number of nitrogens with zero attached hydrogens (tertiary/aromatic N) is 1. The van der Waals surface area contributed by atoms with Crippen molar-refractivity contribution in [3.8, 4) is 0 Å².